The SMILES string of the molecule is CCn1c(CCC2CCCCC2)nnc1[C@H]1C[C@@H]1C(=O)Nc1cccc2ccccc12. The number of hydrogen-bond donors (Lipinski definition) is 1. The first kappa shape index (κ1) is 20.2. The fourth-order valence-electron chi connectivity index (χ4n) is 5.29. The summed E-state index contributed by atoms with van der Waals surface area (Å²) in [5.74, 6) is 3.21. The van der Waals surface area contributed by atoms with E-state index >= 15 is 0 Å². The molecule has 5 nitrogen and oxygen atoms in total. The molecule has 3 aromatic rings. The van der Waals surface area contributed by atoms with Gasteiger partial charge in [0.05, 0.1) is 0 Å². The normalized spacial score (nSPS) is 21.3. The summed E-state index contributed by atoms with van der Waals surface area (Å²) >= 11 is 0. The smallest absolute Gasteiger partial charge is 0.228 e. The number of anilines is 1. The summed E-state index contributed by atoms with van der Waals surface area (Å²) in [6.45, 7) is 3.03. The first-order valence-corrected chi connectivity index (χ1v) is 11.9. The highest BCUT2D eigenvalue weighted by Crippen LogP contribution is 2.47. The number of nitrogens with zero attached hydrogens (tertiary/aromatic N) is 3. The number of nitrogens with one attached hydrogen (secondary N) is 1. The Kier molecular flexibility index (Phi) is 5.75. The lowest BCUT2D eigenvalue weighted by molar-refractivity contribution is -0.117. The first-order valence-electron chi connectivity index (χ1n) is 11.9. The maximum Gasteiger partial charge on any atom is 0.228 e. The van der Waals surface area contributed by atoms with Crippen LogP contribution in [0.1, 0.15) is 69.4 Å². The molecular formula is C26H32N4O. The molecule has 31 heavy (non-hydrogen) atoms. The summed E-state index contributed by atoms with van der Waals surface area (Å²) in [4.78, 5) is 13.0. The summed E-state index contributed by atoms with van der Waals surface area (Å²) in [6, 6.07) is 14.2. The Labute approximate surface area is 184 Å². The van der Waals surface area contributed by atoms with Crippen LogP contribution in [0.2, 0.25) is 0 Å². The number of aromatic nitrogens is 3. The van der Waals surface area contributed by atoms with Crippen LogP contribution in [0.15, 0.2) is 42.5 Å². The van der Waals surface area contributed by atoms with Gasteiger partial charge in [-0.25, -0.2) is 0 Å². The van der Waals surface area contributed by atoms with Crippen LogP contribution in [0.3, 0.4) is 0 Å². The van der Waals surface area contributed by atoms with Crippen LogP contribution in [-0.4, -0.2) is 20.7 Å². The monoisotopic (exact) mass is 416 g/mol. The van der Waals surface area contributed by atoms with Gasteiger partial charge in [-0.05, 0) is 37.1 Å². The van der Waals surface area contributed by atoms with Crippen molar-refractivity contribution in [1.29, 1.82) is 0 Å². The summed E-state index contributed by atoms with van der Waals surface area (Å²) < 4.78 is 2.26. The number of carbonyl (C=O) groups excluding carboxylic acids is 1. The molecule has 0 radical (unpaired) electrons. The molecule has 5 heteroatoms. The summed E-state index contributed by atoms with van der Waals surface area (Å²) in [5.41, 5.74) is 0.888. The number of rotatable bonds is 7. The van der Waals surface area contributed by atoms with Gasteiger partial charge in [0.25, 0.3) is 0 Å². The van der Waals surface area contributed by atoms with Crippen LogP contribution >= 0.6 is 0 Å². The van der Waals surface area contributed by atoms with Crippen molar-refractivity contribution in [1.82, 2.24) is 14.8 Å². The van der Waals surface area contributed by atoms with E-state index in [4.69, 9.17) is 0 Å². The molecular weight excluding hydrogens is 384 g/mol. The van der Waals surface area contributed by atoms with E-state index in [0.29, 0.717) is 0 Å². The lowest BCUT2D eigenvalue weighted by Gasteiger charge is -2.21. The van der Waals surface area contributed by atoms with Gasteiger partial charge < -0.3 is 9.88 Å². The Balaban J connectivity index is 1.25. The van der Waals surface area contributed by atoms with Crippen LogP contribution in [0.25, 0.3) is 10.8 Å². The fourth-order valence-corrected chi connectivity index (χ4v) is 5.29. The van der Waals surface area contributed by atoms with E-state index in [1.165, 1.54) is 38.5 Å². The minimum atomic E-state index is -0.0142. The maximum atomic E-state index is 13.0. The van der Waals surface area contributed by atoms with Crippen LogP contribution in [0.4, 0.5) is 5.69 Å². The number of hydrogen-bond acceptors (Lipinski definition) is 3. The molecule has 2 saturated carbocycles. The van der Waals surface area contributed by atoms with E-state index in [-0.39, 0.29) is 17.7 Å². The lowest BCUT2D eigenvalue weighted by atomic mass is 9.86. The fraction of sp³-hybridized carbons (Fsp3) is 0.500. The molecule has 1 N–H and O–H groups in total. The molecule has 5 rings (SSSR count). The van der Waals surface area contributed by atoms with Gasteiger partial charge in [0.1, 0.15) is 11.6 Å². The minimum absolute atomic E-state index is 0.0142. The molecule has 1 amide bonds. The highest BCUT2D eigenvalue weighted by molar-refractivity contribution is 6.03. The number of carbonyl (C=O) groups is 1. The summed E-state index contributed by atoms with van der Waals surface area (Å²) in [6.07, 6.45) is 9.97. The zero-order valence-corrected chi connectivity index (χ0v) is 18.4. The van der Waals surface area contributed by atoms with E-state index in [1.54, 1.807) is 0 Å². The molecule has 2 aliphatic carbocycles. The zero-order chi connectivity index (χ0) is 21.2. The van der Waals surface area contributed by atoms with Crippen molar-refractivity contribution in [2.75, 3.05) is 5.32 Å². The molecule has 0 aliphatic heterocycles. The van der Waals surface area contributed by atoms with Gasteiger partial charge in [0.2, 0.25) is 5.91 Å². The largest absolute Gasteiger partial charge is 0.325 e. The second-order valence-electron chi connectivity index (χ2n) is 9.23. The summed E-state index contributed by atoms with van der Waals surface area (Å²) in [5, 5.41) is 14.5. The van der Waals surface area contributed by atoms with Gasteiger partial charge in [0.15, 0.2) is 0 Å². The van der Waals surface area contributed by atoms with E-state index in [0.717, 1.165) is 53.4 Å². The minimum Gasteiger partial charge on any atom is -0.325 e. The van der Waals surface area contributed by atoms with E-state index in [2.05, 4.69) is 45.2 Å². The molecule has 2 aromatic carbocycles. The van der Waals surface area contributed by atoms with Crippen LogP contribution in [0.5, 0.6) is 0 Å². The van der Waals surface area contributed by atoms with Crippen LogP contribution in [-0.2, 0) is 17.8 Å². The predicted molar refractivity (Wildman–Crippen MR) is 124 cm³/mol. The van der Waals surface area contributed by atoms with Crippen molar-refractivity contribution < 1.29 is 4.79 Å². The Bertz CT molecular complexity index is 1060. The van der Waals surface area contributed by atoms with E-state index in [1.807, 2.05) is 24.3 Å². The highest BCUT2D eigenvalue weighted by Gasteiger charge is 2.47. The molecule has 0 bridgehead atoms. The number of fused-ring (bicyclic) bond motifs is 1. The number of benzene rings is 2. The van der Waals surface area contributed by atoms with E-state index in [9.17, 15) is 4.79 Å². The van der Waals surface area contributed by atoms with Crippen molar-refractivity contribution in [3.63, 3.8) is 0 Å². The van der Waals surface area contributed by atoms with Gasteiger partial charge in [-0.1, -0.05) is 68.5 Å². The van der Waals surface area contributed by atoms with Gasteiger partial charge in [-0.3, -0.25) is 4.79 Å². The highest BCUT2D eigenvalue weighted by atomic mass is 16.2. The molecule has 1 heterocycles. The molecule has 0 spiro atoms. The average Bonchev–Trinajstić information content (AvgIpc) is 3.51. The lowest BCUT2D eigenvalue weighted by Crippen LogP contribution is -2.16. The van der Waals surface area contributed by atoms with Crippen molar-refractivity contribution >= 4 is 22.4 Å². The third-order valence-corrected chi connectivity index (χ3v) is 7.18. The van der Waals surface area contributed by atoms with Crippen LogP contribution < -0.4 is 5.32 Å². The van der Waals surface area contributed by atoms with Crippen molar-refractivity contribution in [2.45, 2.75) is 70.8 Å². The third-order valence-electron chi connectivity index (χ3n) is 7.18. The van der Waals surface area contributed by atoms with Crippen molar-refractivity contribution in [3.8, 4) is 0 Å². The summed E-state index contributed by atoms with van der Waals surface area (Å²) in [7, 11) is 0. The molecule has 162 valence electrons. The molecule has 2 fully saturated rings. The molecule has 0 unspecified atom stereocenters. The zero-order valence-electron chi connectivity index (χ0n) is 18.4. The van der Waals surface area contributed by atoms with Crippen molar-refractivity contribution in [3.05, 3.63) is 54.1 Å². The van der Waals surface area contributed by atoms with Gasteiger partial charge >= 0.3 is 0 Å². The van der Waals surface area contributed by atoms with Crippen LogP contribution in [0, 0.1) is 11.8 Å². The van der Waals surface area contributed by atoms with Gasteiger partial charge in [-0.15, -0.1) is 10.2 Å². The van der Waals surface area contributed by atoms with Gasteiger partial charge in [-0.2, -0.15) is 0 Å². The molecule has 0 saturated heterocycles. The average molecular weight is 417 g/mol. The molecule has 2 atom stereocenters. The maximum absolute atomic E-state index is 13.0. The van der Waals surface area contributed by atoms with Gasteiger partial charge in [0, 0.05) is 35.9 Å². The Morgan fingerprint density at radius 3 is 2.71 bits per heavy atom. The quantitative estimate of drug-likeness (QED) is 0.537. The second-order valence-corrected chi connectivity index (χ2v) is 9.23. The number of amides is 1. The second kappa shape index (κ2) is 8.81. The molecule has 2 aliphatic rings. The Hall–Kier alpha value is -2.69. The Morgan fingerprint density at radius 2 is 1.87 bits per heavy atom. The molecule has 1 aromatic heterocycles. The number of aryl methyl sites for hydroxylation is 1. The first-order chi connectivity index (χ1) is 15.2. The third kappa shape index (κ3) is 4.23. The van der Waals surface area contributed by atoms with E-state index < -0.39 is 0 Å². The van der Waals surface area contributed by atoms with Crippen molar-refractivity contribution in [2.24, 2.45) is 11.8 Å². The standard InChI is InChI=1S/C26H32N4O/c1-2-30-24(16-15-18-9-4-3-5-10-18)28-29-25(30)21-17-22(21)26(31)27-23-14-8-12-19-11-6-7-13-20(19)23/h6-8,11-14,18,21-22H,2-5,9-10,15-17H2,1H3,(H,27,31)/t21-,22-/m0/s1. The predicted octanol–water partition coefficient (Wildman–Crippen LogP) is 5.71. The Morgan fingerprint density at radius 1 is 1.06 bits per heavy atom. The topological polar surface area (TPSA) is 59.8 Å².